The Kier molecular flexibility index (Phi) is 6.09. The fourth-order valence-corrected chi connectivity index (χ4v) is 2.92. The minimum absolute atomic E-state index is 0.397. The van der Waals surface area contributed by atoms with Crippen LogP contribution in [0, 0.1) is 0 Å². The van der Waals surface area contributed by atoms with Gasteiger partial charge < -0.3 is 9.84 Å². The highest BCUT2D eigenvalue weighted by atomic mass is 79.9. The van der Waals surface area contributed by atoms with Gasteiger partial charge in [-0.25, -0.2) is 0 Å². The molecule has 0 saturated carbocycles. The number of benzene rings is 2. The summed E-state index contributed by atoms with van der Waals surface area (Å²) in [5, 5.41) is 10.9. The molecule has 0 spiro atoms. The number of aliphatic hydroxyl groups excluding tert-OH is 1. The summed E-state index contributed by atoms with van der Waals surface area (Å²) < 4.78 is 6.08. The van der Waals surface area contributed by atoms with Gasteiger partial charge in [0.1, 0.15) is 5.75 Å². The molecular formula is C17H18BrClO2. The van der Waals surface area contributed by atoms with E-state index < -0.39 is 6.10 Å². The molecule has 0 radical (unpaired) electrons. The summed E-state index contributed by atoms with van der Waals surface area (Å²) in [6, 6.07) is 13.7. The third-order valence-corrected chi connectivity index (χ3v) is 4.24. The van der Waals surface area contributed by atoms with Crippen molar-refractivity contribution in [2.75, 3.05) is 7.11 Å². The average molecular weight is 370 g/mol. The van der Waals surface area contributed by atoms with Gasteiger partial charge >= 0.3 is 0 Å². The molecule has 0 aliphatic carbocycles. The number of aliphatic hydroxyl groups is 1. The van der Waals surface area contributed by atoms with E-state index in [1.165, 1.54) is 5.56 Å². The number of hydrogen-bond acceptors (Lipinski definition) is 2. The summed E-state index contributed by atoms with van der Waals surface area (Å²) in [6.07, 6.45) is 1.71. The predicted octanol–water partition coefficient (Wildman–Crippen LogP) is 4.65. The van der Waals surface area contributed by atoms with Crippen molar-refractivity contribution >= 4 is 27.5 Å². The lowest BCUT2D eigenvalue weighted by molar-refractivity contribution is 0.165. The van der Waals surface area contributed by atoms with Crippen LogP contribution in [-0.4, -0.2) is 18.3 Å². The average Bonchev–Trinajstić information content (AvgIpc) is 2.48. The van der Waals surface area contributed by atoms with E-state index in [0.717, 1.165) is 22.2 Å². The molecule has 112 valence electrons. The Balaban J connectivity index is 1.87. The molecule has 0 aliphatic rings. The van der Waals surface area contributed by atoms with Crippen LogP contribution in [0.3, 0.4) is 0 Å². The second-order valence-corrected chi connectivity index (χ2v) is 6.30. The Labute approximate surface area is 138 Å². The smallest absolute Gasteiger partial charge is 0.118 e. The molecule has 4 heteroatoms. The summed E-state index contributed by atoms with van der Waals surface area (Å²) in [5.41, 5.74) is 2.17. The van der Waals surface area contributed by atoms with Crippen molar-refractivity contribution < 1.29 is 9.84 Å². The lowest BCUT2D eigenvalue weighted by atomic mass is 10.0. The maximum absolute atomic E-state index is 10.2. The molecular weight excluding hydrogens is 352 g/mol. The zero-order valence-electron chi connectivity index (χ0n) is 11.9. The number of hydrogen-bond donors (Lipinski definition) is 1. The molecule has 0 aromatic heterocycles. The van der Waals surface area contributed by atoms with Crippen LogP contribution >= 0.6 is 27.5 Å². The summed E-state index contributed by atoms with van der Waals surface area (Å²) in [4.78, 5) is 0. The van der Waals surface area contributed by atoms with Crippen LogP contribution in [0.25, 0.3) is 0 Å². The first-order valence-corrected chi connectivity index (χ1v) is 8.00. The molecule has 0 saturated heterocycles. The molecule has 0 fully saturated rings. The minimum atomic E-state index is -0.397. The highest BCUT2D eigenvalue weighted by molar-refractivity contribution is 9.10. The van der Waals surface area contributed by atoms with Crippen molar-refractivity contribution in [1.29, 1.82) is 0 Å². The van der Waals surface area contributed by atoms with Crippen molar-refractivity contribution in [3.8, 4) is 5.75 Å². The summed E-state index contributed by atoms with van der Waals surface area (Å²) in [5.74, 6) is 0.848. The maximum atomic E-state index is 10.2. The maximum Gasteiger partial charge on any atom is 0.118 e. The molecule has 1 atom stereocenters. The van der Waals surface area contributed by atoms with E-state index in [-0.39, 0.29) is 0 Å². The minimum Gasteiger partial charge on any atom is -0.497 e. The van der Waals surface area contributed by atoms with Crippen LogP contribution in [-0.2, 0) is 12.8 Å². The van der Waals surface area contributed by atoms with E-state index in [9.17, 15) is 5.11 Å². The Morgan fingerprint density at radius 1 is 1.19 bits per heavy atom. The highest BCUT2D eigenvalue weighted by Crippen LogP contribution is 2.23. The quantitative estimate of drug-likeness (QED) is 0.803. The van der Waals surface area contributed by atoms with Gasteiger partial charge in [0.05, 0.1) is 13.2 Å². The fraction of sp³-hybridized carbons (Fsp3) is 0.294. The van der Waals surface area contributed by atoms with Gasteiger partial charge in [0, 0.05) is 9.50 Å². The first-order chi connectivity index (χ1) is 10.1. The molecule has 2 aromatic carbocycles. The van der Waals surface area contributed by atoms with E-state index in [2.05, 4.69) is 15.9 Å². The summed E-state index contributed by atoms with van der Waals surface area (Å²) in [7, 11) is 1.65. The van der Waals surface area contributed by atoms with Crippen molar-refractivity contribution in [3.05, 3.63) is 63.1 Å². The van der Waals surface area contributed by atoms with E-state index in [4.69, 9.17) is 16.3 Å². The van der Waals surface area contributed by atoms with Crippen molar-refractivity contribution in [1.82, 2.24) is 0 Å². The van der Waals surface area contributed by atoms with Gasteiger partial charge in [0.15, 0.2) is 0 Å². The predicted molar refractivity (Wildman–Crippen MR) is 90.2 cm³/mol. The Morgan fingerprint density at radius 2 is 1.90 bits per heavy atom. The van der Waals surface area contributed by atoms with Crippen LogP contribution < -0.4 is 4.74 Å². The van der Waals surface area contributed by atoms with E-state index in [1.54, 1.807) is 7.11 Å². The first kappa shape index (κ1) is 16.3. The Morgan fingerprint density at radius 3 is 2.52 bits per heavy atom. The molecule has 0 bridgehead atoms. The Hall–Kier alpha value is -1.03. The van der Waals surface area contributed by atoms with Crippen molar-refractivity contribution in [3.63, 3.8) is 0 Å². The van der Waals surface area contributed by atoms with Crippen LogP contribution in [0.4, 0.5) is 0 Å². The lowest BCUT2D eigenvalue weighted by Gasteiger charge is -2.12. The van der Waals surface area contributed by atoms with E-state index >= 15 is 0 Å². The molecule has 1 unspecified atom stereocenters. The fourth-order valence-electron chi connectivity index (χ4n) is 2.17. The Bertz CT molecular complexity index is 584. The van der Waals surface area contributed by atoms with Crippen LogP contribution in [0.5, 0.6) is 5.75 Å². The molecule has 2 aromatic rings. The number of ether oxygens (including phenoxy) is 1. The molecule has 1 N–H and O–H groups in total. The highest BCUT2D eigenvalue weighted by Gasteiger charge is 2.09. The van der Waals surface area contributed by atoms with Crippen LogP contribution in [0.15, 0.2) is 46.9 Å². The SMILES string of the molecule is COc1ccc(CCC(O)Cc2ccc(Br)cc2Cl)cc1. The summed E-state index contributed by atoms with van der Waals surface area (Å²) in [6.45, 7) is 0. The van der Waals surface area contributed by atoms with Gasteiger partial charge in [-0.3, -0.25) is 0 Å². The van der Waals surface area contributed by atoms with Crippen LogP contribution in [0.1, 0.15) is 17.5 Å². The number of aryl methyl sites for hydroxylation is 1. The number of rotatable bonds is 6. The second-order valence-electron chi connectivity index (χ2n) is 4.98. The van der Waals surface area contributed by atoms with Gasteiger partial charge in [0.25, 0.3) is 0 Å². The van der Waals surface area contributed by atoms with Gasteiger partial charge in [-0.1, -0.05) is 45.7 Å². The number of halogens is 2. The van der Waals surface area contributed by atoms with Crippen molar-refractivity contribution in [2.24, 2.45) is 0 Å². The normalized spacial score (nSPS) is 12.2. The molecule has 0 heterocycles. The van der Waals surface area contributed by atoms with Gasteiger partial charge in [-0.2, -0.15) is 0 Å². The van der Waals surface area contributed by atoms with Crippen molar-refractivity contribution in [2.45, 2.75) is 25.4 Å². The largest absolute Gasteiger partial charge is 0.497 e. The molecule has 0 amide bonds. The van der Waals surface area contributed by atoms with Gasteiger partial charge in [0.2, 0.25) is 0 Å². The van der Waals surface area contributed by atoms with Gasteiger partial charge in [-0.05, 0) is 54.7 Å². The molecule has 2 rings (SSSR count). The first-order valence-electron chi connectivity index (χ1n) is 6.83. The standard InChI is InChI=1S/C17H18BrClO2/c1-21-16-8-3-12(4-9-16)2-7-15(20)10-13-5-6-14(18)11-17(13)19/h3-6,8-9,11,15,20H,2,7,10H2,1H3. The summed E-state index contributed by atoms with van der Waals surface area (Å²) >= 11 is 9.55. The third kappa shape index (κ3) is 5.03. The van der Waals surface area contributed by atoms with Crippen LogP contribution in [0.2, 0.25) is 5.02 Å². The zero-order chi connectivity index (χ0) is 15.2. The molecule has 2 nitrogen and oxygen atoms in total. The number of methoxy groups -OCH3 is 1. The zero-order valence-corrected chi connectivity index (χ0v) is 14.2. The molecule has 21 heavy (non-hydrogen) atoms. The third-order valence-electron chi connectivity index (χ3n) is 3.40. The van der Waals surface area contributed by atoms with Gasteiger partial charge in [-0.15, -0.1) is 0 Å². The molecule has 0 aliphatic heterocycles. The lowest BCUT2D eigenvalue weighted by Crippen LogP contribution is -2.12. The monoisotopic (exact) mass is 368 g/mol. The topological polar surface area (TPSA) is 29.5 Å². The van der Waals surface area contributed by atoms with E-state index in [0.29, 0.717) is 17.9 Å². The van der Waals surface area contributed by atoms with E-state index in [1.807, 2.05) is 42.5 Å². The second kappa shape index (κ2) is 7.83.